The van der Waals surface area contributed by atoms with E-state index in [1.807, 2.05) is 11.8 Å². The number of nitrogens with one attached hydrogen (secondary N) is 1. The van der Waals surface area contributed by atoms with Crippen molar-refractivity contribution in [3.8, 4) is 0 Å². The highest BCUT2D eigenvalue weighted by atomic mass is 32.2. The fraction of sp³-hybridized carbons (Fsp3) is 0.500. The van der Waals surface area contributed by atoms with Gasteiger partial charge in [-0.3, -0.25) is 0 Å². The van der Waals surface area contributed by atoms with Crippen LogP contribution in [0.5, 0.6) is 0 Å². The second-order valence-corrected chi connectivity index (χ2v) is 5.34. The number of benzene rings is 1. The summed E-state index contributed by atoms with van der Waals surface area (Å²) < 4.78 is 0. The van der Waals surface area contributed by atoms with Crippen molar-refractivity contribution in [3.63, 3.8) is 0 Å². The summed E-state index contributed by atoms with van der Waals surface area (Å²) >= 11 is 2.02. The van der Waals surface area contributed by atoms with Gasteiger partial charge in [0.05, 0.1) is 0 Å². The van der Waals surface area contributed by atoms with E-state index in [0.717, 1.165) is 11.8 Å². The molecular weight excluding hydrogens is 190 g/mol. The molecule has 0 aliphatic carbocycles. The maximum atomic E-state index is 3.40. The predicted octanol–water partition coefficient (Wildman–Crippen LogP) is 2.76. The lowest BCUT2D eigenvalue weighted by molar-refractivity contribution is 0.858. The molecule has 1 aliphatic rings. The zero-order valence-electron chi connectivity index (χ0n) is 8.84. The van der Waals surface area contributed by atoms with E-state index in [2.05, 4.69) is 37.4 Å². The van der Waals surface area contributed by atoms with Crippen molar-refractivity contribution in [1.82, 2.24) is 5.32 Å². The van der Waals surface area contributed by atoms with Crippen molar-refractivity contribution in [1.29, 1.82) is 0 Å². The Morgan fingerprint density at radius 3 is 2.86 bits per heavy atom. The molecule has 1 aromatic carbocycles. The molecule has 1 atom stereocenters. The van der Waals surface area contributed by atoms with Crippen LogP contribution in [0.15, 0.2) is 23.1 Å². The smallest absolute Gasteiger partial charge is 0.0231 e. The lowest BCUT2D eigenvalue weighted by atomic mass is 10.2. The number of aryl methyl sites for hydroxylation is 2. The van der Waals surface area contributed by atoms with Crippen LogP contribution in [0.4, 0.5) is 0 Å². The lowest BCUT2D eigenvalue weighted by Gasteiger charge is -2.10. The van der Waals surface area contributed by atoms with Crippen molar-refractivity contribution in [2.45, 2.75) is 30.4 Å². The summed E-state index contributed by atoms with van der Waals surface area (Å²) in [6, 6.07) is 6.73. The summed E-state index contributed by atoms with van der Waals surface area (Å²) in [5, 5.41) is 4.18. The van der Waals surface area contributed by atoms with Crippen LogP contribution in [-0.4, -0.2) is 18.3 Å². The molecule has 1 aliphatic heterocycles. The third kappa shape index (κ3) is 2.31. The van der Waals surface area contributed by atoms with Crippen molar-refractivity contribution in [2.24, 2.45) is 0 Å². The molecule has 0 saturated carbocycles. The van der Waals surface area contributed by atoms with Gasteiger partial charge in [0, 0.05) is 16.7 Å². The summed E-state index contributed by atoms with van der Waals surface area (Å²) in [6.45, 7) is 6.71. The van der Waals surface area contributed by atoms with Gasteiger partial charge in [0.2, 0.25) is 0 Å². The van der Waals surface area contributed by atoms with Gasteiger partial charge in [-0.05, 0) is 38.4 Å². The third-order valence-electron chi connectivity index (χ3n) is 2.64. The maximum Gasteiger partial charge on any atom is 0.0231 e. The van der Waals surface area contributed by atoms with Gasteiger partial charge in [0.1, 0.15) is 0 Å². The van der Waals surface area contributed by atoms with E-state index in [4.69, 9.17) is 0 Å². The second kappa shape index (κ2) is 4.37. The van der Waals surface area contributed by atoms with Gasteiger partial charge in [-0.1, -0.05) is 17.7 Å². The minimum atomic E-state index is 0.774. The van der Waals surface area contributed by atoms with Crippen molar-refractivity contribution < 1.29 is 0 Å². The molecular formula is C12H17NS. The Morgan fingerprint density at radius 1 is 1.36 bits per heavy atom. The summed E-state index contributed by atoms with van der Waals surface area (Å²) in [7, 11) is 0. The van der Waals surface area contributed by atoms with Gasteiger partial charge in [-0.25, -0.2) is 0 Å². The Morgan fingerprint density at radius 2 is 2.21 bits per heavy atom. The molecule has 1 saturated heterocycles. The van der Waals surface area contributed by atoms with Gasteiger partial charge in [-0.2, -0.15) is 0 Å². The number of hydrogen-bond donors (Lipinski definition) is 1. The summed E-state index contributed by atoms with van der Waals surface area (Å²) in [5.41, 5.74) is 2.78. The molecule has 0 radical (unpaired) electrons. The van der Waals surface area contributed by atoms with Gasteiger partial charge < -0.3 is 5.32 Å². The van der Waals surface area contributed by atoms with E-state index >= 15 is 0 Å². The molecule has 1 aromatic rings. The maximum absolute atomic E-state index is 3.40. The highest BCUT2D eigenvalue weighted by Gasteiger charge is 2.16. The average molecular weight is 207 g/mol. The van der Waals surface area contributed by atoms with Crippen molar-refractivity contribution in [2.75, 3.05) is 13.1 Å². The normalized spacial score (nSPS) is 21.4. The minimum absolute atomic E-state index is 0.774. The Bertz CT molecular complexity index is 316. The Hall–Kier alpha value is -0.470. The quantitative estimate of drug-likeness (QED) is 0.800. The molecule has 1 fully saturated rings. The van der Waals surface area contributed by atoms with Crippen molar-refractivity contribution in [3.05, 3.63) is 29.3 Å². The fourth-order valence-corrected chi connectivity index (χ4v) is 3.03. The molecule has 1 nitrogen and oxygen atoms in total. The first-order chi connectivity index (χ1) is 6.75. The van der Waals surface area contributed by atoms with E-state index in [0.29, 0.717) is 0 Å². The molecule has 1 N–H and O–H groups in total. The minimum Gasteiger partial charge on any atom is -0.316 e. The Labute approximate surface area is 90.3 Å². The van der Waals surface area contributed by atoms with Gasteiger partial charge in [0.25, 0.3) is 0 Å². The van der Waals surface area contributed by atoms with E-state index in [-0.39, 0.29) is 0 Å². The largest absolute Gasteiger partial charge is 0.316 e. The van der Waals surface area contributed by atoms with Crippen LogP contribution in [0.2, 0.25) is 0 Å². The zero-order valence-corrected chi connectivity index (χ0v) is 9.66. The third-order valence-corrected chi connectivity index (χ3v) is 4.09. The molecule has 14 heavy (non-hydrogen) atoms. The highest BCUT2D eigenvalue weighted by Crippen LogP contribution is 2.29. The number of thioether (sulfide) groups is 1. The topological polar surface area (TPSA) is 12.0 Å². The van der Waals surface area contributed by atoms with Crippen LogP contribution >= 0.6 is 11.8 Å². The van der Waals surface area contributed by atoms with E-state index in [1.165, 1.54) is 29.0 Å². The van der Waals surface area contributed by atoms with Gasteiger partial charge >= 0.3 is 0 Å². The van der Waals surface area contributed by atoms with Gasteiger partial charge in [-0.15, -0.1) is 11.8 Å². The van der Waals surface area contributed by atoms with Crippen LogP contribution < -0.4 is 5.32 Å². The summed E-state index contributed by atoms with van der Waals surface area (Å²) in [6.07, 6.45) is 1.30. The first-order valence-electron chi connectivity index (χ1n) is 5.20. The van der Waals surface area contributed by atoms with Gasteiger partial charge in [0.15, 0.2) is 0 Å². The van der Waals surface area contributed by atoms with Crippen LogP contribution in [0.25, 0.3) is 0 Å². The van der Waals surface area contributed by atoms with E-state index in [1.54, 1.807) is 0 Å². The van der Waals surface area contributed by atoms with Crippen LogP contribution in [0.1, 0.15) is 17.5 Å². The predicted molar refractivity (Wildman–Crippen MR) is 63.0 cm³/mol. The number of hydrogen-bond acceptors (Lipinski definition) is 2. The van der Waals surface area contributed by atoms with Crippen molar-refractivity contribution >= 4 is 11.8 Å². The molecule has 0 aromatic heterocycles. The lowest BCUT2D eigenvalue weighted by Crippen LogP contribution is -2.10. The molecule has 0 spiro atoms. The SMILES string of the molecule is Cc1ccc(SC2CCNC2)c(C)c1. The molecule has 1 heterocycles. The first-order valence-corrected chi connectivity index (χ1v) is 6.08. The molecule has 0 bridgehead atoms. The molecule has 2 heteroatoms. The highest BCUT2D eigenvalue weighted by molar-refractivity contribution is 8.00. The zero-order chi connectivity index (χ0) is 9.97. The molecule has 76 valence electrons. The first kappa shape index (κ1) is 10.1. The monoisotopic (exact) mass is 207 g/mol. The fourth-order valence-electron chi connectivity index (χ4n) is 1.84. The summed E-state index contributed by atoms with van der Waals surface area (Å²) in [4.78, 5) is 1.45. The Balaban J connectivity index is 2.08. The van der Waals surface area contributed by atoms with Crippen LogP contribution in [0.3, 0.4) is 0 Å². The van der Waals surface area contributed by atoms with Crippen LogP contribution in [-0.2, 0) is 0 Å². The van der Waals surface area contributed by atoms with E-state index in [9.17, 15) is 0 Å². The summed E-state index contributed by atoms with van der Waals surface area (Å²) in [5.74, 6) is 0. The Kier molecular flexibility index (Phi) is 3.14. The molecule has 2 rings (SSSR count). The number of rotatable bonds is 2. The van der Waals surface area contributed by atoms with Crippen LogP contribution in [0, 0.1) is 13.8 Å². The van der Waals surface area contributed by atoms with E-state index < -0.39 is 0 Å². The standard InChI is InChI=1S/C12H17NS/c1-9-3-4-12(10(2)7-9)14-11-5-6-13-8-11/h3-4,7,11,13H,5-6,8H2,1-2H3. The molecule has 1 unspecified atom stereocenters. The average Bonchev–Trinajstić information content (AvgIpc) is 2.62. The second-order valence-electron chi connectivity index (χ2n) is 4.00. The molecule has 0 amide bonds.